The molecule has 0 spiro atoms. The molecule has 1 aromatic rings. The topological polar surface area (TPSA) is 58.6 Å². The maximum Gasteiger partial charge on any atom is 0.224 e. The molecule has 116 valence electrons. The second-order valence-corrected chi connectivity index (χ2v) is 6.77. The molecule has 2 rings (SSSR count). The van der Waals surface area contributed by atoms with Crippen molar-refractivity contribution in [1.29, 1.82) is 0 Å². The van der Waals surface area contributed by atoms with Gasteiger partial charge in [-0.2, -0.15) is 0 Å². The number of carbonyl (C=O) groups excluding carboxylic acids is 1. The highest BCUT2D eigenvalue weighted by molar-refractivity contribution is 5.84. The summed E-state index contributed by atoms with van der Waals surface area (Å²) in [5, 5.41) is 11.8. The Labute approximate surface area is 126 Å². The molecule has 1 saturated carbocycles. The fraction of sp³-hybridized carbons (Fsp3) is 0.588. The van der Waals surface area contributed by atoms with E-state index in [1.807, 2.05) is 24.3 Å². The minimum Gasteiger partial charge on any atom is -0.491 e. The van der Waals surface area contributed by atoms with Crippen LogP contribution in [0.1, 0.15) is 33.3 Å². The molecule has 0 aliphatic heterocycles. The second-order valence-electron chi connectivity index (χ2n) is 6.77. The van der Waals surface area contributed by atoms with Crippen LogP contribution in [-0.4, -0.2) is 24.2 Å². The summed E-state index contributed by atoms with van der Waals surface area (Å²) >= 11 is 0. The summed E-state index contributed by atoms with van der Waals surface area (Å²) in [7, 11) is 0. The van der Waals surface area contributed by atoms with Crippen LogP contribution in [0.15, 0.2) is 24.3 Å². The van der Waals surface area contributed by atoms with Gasteiger partial charge in [-0.15, -0.1) is 0 Å². The lowest BCUT2D eigenvalue weighted by Crippen LogP contribution is -2.27. The summed E-state index contributed by atoms with van der Waals surface area (Å²) < 4.78 is 5.48. The first-order valence-electron chi connectivity index (χ1n) is 7.41. The highest BCUT2D eigenvalue weighted by Crippen LogP contribution is 2.68. The fourth-order valence-corrected chi connectivity index (χ4v) is 3.08. The maximum absolute atomic E-state index is 12.3. The summed E-state index contributed by atoms with van der Waals surface area (Å²) in [5.41, 5.74) is 1.02. The van der Waals surface area contributed by atoms with Crippen LogP contribution in [-0.2, 0) is 11.3 Å². The van der Waals surface area contributed by atoms with Gasteiger partial charge in [0.2, 0.25) is 5.91 Å². The van der Waals surface area contributed by atoms with Crippen molar-refractivity contribution in [3.05, 3.63) is 29.8 Å². The molecule has 0 bridgehead atoms. The lowest BCUT2D eigenvalue weighted by molar-refractivity contribution is -0.123. The van der Waals surface area contributed by atoms with E-state index in [9.17, 15) is 4.79 Å². The molecule has 0 aromatic heterocycles. The Morgan fingerprint density at radius 3 is 2.43 bits per heavy atom. The minimum absolute atomic E-state index is 0.0227. The lowest BCUT2D eigenvalue weighted by atomic mass is 10.0. The molecule has 1 fully saturated rings. The average Bonchev–Trinajstić information content (AvgIpc) is 2.84. The average molecular weight is 291 g/mol. The number of ether oxygens (including phenoxy) is 1. The first kappa shape index (κ1) is 15.8. The molecule has 0 radical (unpaired) electrons. The van der Waals surface area contributed by atoms with Gasteiger partial charge in [0.25, 0.3) is 0 Å². The van der Waals surface area contributed by atoms with Crippen molar-refractivity contribution in [3.8, 4) is 5.75 Å². The molecule has 0 atom stereocenters. The maximum atomic E-state index is 12.3. The molecule has 1 aromatic carbocycles. The van der Waals surface area contributed by atoms with Gasteiger partial charge in [0.1, 0.15) is 12.4 Å². The number of hydrogen-bond donors (Lipinski definition) is 2. The van der Waals surface area contributed by atoms with Crippen LogP contribution in [0.5, 0.6) is 5.75 Å². The molecular weight excluding hydrogens is 266 g/mol. The number of aliphatic hydroxyl groups excluding tert-OH is 1. The first-order valence-corrected chi connectivity index (χ1v) is 7.41. The minimum atomic E-state index is -0.0227. The number of benzene rings is 1. The zero-order chi connectivity index (χ0) is 15.7. The highest BCUT2D eigenvalue weighted by Gasteiger charge is 2.68. The van der Waals surface area contributed by atoms with Crippen molar-refractivity contribution >= 4 is 5.91 Å². The molecule has 21 heavy (non-hydrogen) atoms. The Kier molecular flexibility index (Phi) is 4.28. The number of amides is 1. The molecule has 0 heterocycles. The van der Waals surface area contributed by atoms with E-state index in [0.29, 0.717) is 12.3 Å². The largest absolute Gasteiger partial charge is 0.491 e. The number of hydrogen-bond acceptors (Lipinski definition) is 3. The normalized spacial score (nSPS) is 19.1. The van der Waals surface area contributed by atoms with Crippen molar-refractivity contribution in [3.63, 3.8) is 0 Å². The first-order chi connectivity index (χ1) is 9.82. The molecule has 4 nitrogen and oxygen atoms in total. The van der Waals surface area contributed by atoms with Gasteiger partial charge >= 0.3 is 0 Å². The summed E-state index contributed by atoms with van der Waals surface area (Å²) in [5.74, 6) is 0.860. The molecule has 1 amide bonds. The van der Waals surface area contributed by atoms with Crippen LogP contribution < -0.4 is 10.1 Å². The zero-order valence-corrected chi connectivity index (χ0v) is 13.3. The monoisotopic (exact) mass is 291 g/mol. The third-order valence-electron chi connectivity index (χ3n) is 5.06. The van der Waals surface area contributed by atoms with E-state index in [1.165, 1.54) is 0 Å². The highest BCUT2D eigenvalue weighted by atomic mass is 16.5. The van der Waals surface area contributed by atoms with Gasteiger partial charge in [0, 0.05) is 18.0 Å². The van der Waals surface area contributed by atoms with Gasteiger partial charge in [-0.25, -0.2) is 0 Å². The van der Waals surface area contributed by atoms with E-state index in [4.69, 9.17) is 9.84 Å². The van der Waals surface area contributed by atoms with Gasteiger partial charge in [-0.05, 0) is 16.9 Å². The van der Waals surface area contributed by atoms with Crippen LogP contribution in [0.3, 0.4) is 0 Å². The molecule has 1 aliphatic carbocycles. The number of carbonyl (C=O) groups is 1. The second kappa shape index (κ2) is 5.68. The fourth-order valence-electron chi connectivity index (χ4n) is 3.08. The van der Waals surface area contributed by atoms with Crippen LogP contribution in [0, 0.1) is 16.7 Å². The standard InChI is InChI=1S/C17H25NO3/c1-16(2)14(17(16,3)4)15(20)18-11-12-7-5-6-8-13(12)21-10-9-19/h5-8,14,19H,9-11H2,1-4H3,(H,18,20). The van der Waals surface area contributed by atoms with Gasteiger partial charge < -0.3 is 15.2 Å². The third-order valence-corrected chi connectivity index (χ3v) is 5.06. The van der Waals surface area contributed by atoms with Crippen molar-refractivity contribution < 1.29 is 14.6 Å². The van der Waals surface area contributed by atoms with Gasteiger partial charge in [0.05, 0.1) is 6.61 Å². The smallest absolute Gasteiger partial charge is 0.224 e. The van der Waals surface area contributed by atoms with Crippen molar-refractivity contribution in [2.75, 3.05) is 13.2 Å². The Hall–Kier alpha value is -1.55. The van der Waals surface area contributed by atoms with E-state index in [0.717, 1.165) is 5.56 Å². The van der Waals surface area contributed by atoms with Gasteiger partial charge in [-0.1, -0.05) is 45.9 Å². The molecule has 2 N–H and O–H groups in total. The SMILES string of the molecule is CC1(C)C(C(=O)NCc2ccccc2OCCO)C1(C)C. The number of para-hydroxylation sites is 1. The molecule has 0 saturated heterocycles. The summed E-state index contributed by atoms with van der Waals surface area (Å²) in [6.07, 6.45) is 0. The summed E-state index contributed by atoms with van der Waals surface area (Å²) in [6.45, 7) is 9.22. The number of nitrogens with one attached hydrogen (secondary N) is 1. The van der Waals surface area contributed by atoms with Gasteiger partial charge in [-0.3, -0.25) is 4.79 Å². The van der Waals surface area contributed by atoms with Crippen LogP contribution in [0.2, 0.25) is 0 Å². The molecule has 0 unspecified atom stereocenters. The summed E-state index contributed by atoms with van der Waals surface area (Å²) in [4.78, 5) is 12.3. The van der Waals surface area contributed by atoms with Crippen molar-refractivity contribution in [2.24, 2.45) is 16.7 Å². The van der Waals surface area contributed by atoms with Crippen LogP contribution in [0.4, 0.5) is 0 Å². The predicted octanol–water partition coefficient (Wildman–Crippen LogP) is 2.36. The van der Waals surface area contributed by atoms with E-state index in [-0.39, 0.29) is 35.9 Å². The van der Waals surface area contributed by atoms with E-state index >= 15 is 0 Å². The van der Waals surface area contributed by atoms with Crippen molar-refractivity contribution in [2.45, 2.75) is 34.2 Å². The predicted molar refractivity (Wildman–Crippen MR) is 81.9 cm³/mol. The Bertz CT molecular complexity index is 509. The zero-order valence-electron chi connectivity index (χ0n) is 13.3. The third kappa shape index (κ3) is 2.91. The summed E-state index contributed by atoms with van der Waals surface area (Å²) in [6, 6.07) is 7.57. The van der Waals surface area contributed by atoms with Crippen molar-refractivity contribution in [1.82, 2.24) is 5.32 Å². The number of aliphatic hydroxyl groups is 1. The van der Waals surface area contributed by atoms with Crippen LogP contribution >= 0.6 is 0 Å². The van der Waals surface area contributed by atoms with Gasteiger partial charge in [0.15, 0.2) is 0 Å². The van der Waals surface area contributed by atoms with E-state index < -0.39 is 0 Å². The van der Waals surface area contributed by atoms with Crippen LogP contribution in [0.25, 0.3) is 0 Å². The quantitative estimate of drug-likeness (QED) is 0.846. The Balaban J connectivity index is 1.97. The lowest BCUT2D eigenvalue weighted by Gasteiger charge is -2.12. The molecule has 4 heteroatoms. The number of rotatable bonds is 6. The molecular formula is C17H25NO3. The molecule has 1 aliphatic rings. The van der Waals surface area contributed by atoms with E-state index in [2.05, 4.69) is 33.0 Å². The Morgan fingerprint density at radius 2 is 1.86 bits per heavy atom. The Morgan fingerprint density at radius 1 is 1.24 bits per heavy atom. The van der Waals surface area contributed by atoms with E-state index in [1.54, 1.807) is 0 Å².